The fraction of sp³-hybridized carbons (Fsp3) is 0.267. The van der Waals surface area contributed by atoms with Gasteiger partial charge in [0.05, 0.1) is 28.9 Å². The normalized spacial score (nSPS) is 17.5. The maximum absolute atomic E-state index is 13.9. The second-order valence-corrected chi connectivity index (χ2v) is 5.33. The zero-order valence-corrected chi connectivity index (χ0v) is 11.9. The van der Waals surface area contributed by atoms with Crippen LogP contribution in [0.3, 0.4) is 0 Å². The number of rotatable bonds is 3. The van der Waals surface area contributed by atoms with Crippen molar-refractivity contribution >= 4 is 11.9 Å². The highest BCUT2D eigenvalue weighted by molar-refractivity contribution is 6.00. The topological polar surface area (TPSA) is 86.3 Å². The van der Waals surface area contributed by atoms with Crippen LogP contribution in [0.15, 0.2) is 24.4 Å². The first-order valence-corrected chi connectivity index (χ1v) is 6.99. The second-order valence-electron chi connectivity index (χ2n) is 5.33. The molecule has 1 aliphatic rings. The molecule has 8 heteroatoms. The Morgan fingerprint density at radius 1 is 1.30 bits per heavy atom. The first-order chi connectivity index (χ1) is 11.0. The average Bonchev–Trinajstić information content (AvgIpc) is 3.16. The number of amides is 1. The van der Waals surface area contributed by atoms with Gasteiger partial charge in [-0.3, -0.25) is 14.7 Å². The van der Waals surface area contributed by atoms with Crippen molar-refractivity contribution in [1.29, 1.82) is 0 Å². The van der Waals surface area contributed by atoms with E-state index in [0.717, 1.165) is 12.1 Å². The van der Waals surface area contributed by atoms with Gasteiger partial charge in [0.15, 0.2) is 0 Å². The van der Waals surface area contributed by atoms with E-state index in [-0.39, 0.29) is 29.9 Å². The van der Waals surface area contributed by atoms with E-state index in [1.54, 1.807) is 0 Å². The summed E-state index contributed by atoms with van der Waals surface area (Å²) in [5.74, 6) is -3.71. The van der Waals surface area contributed by atoms with Crippen molar-refractivity contribution in [2.24, 2.45) is 5.92 Å². The minimum absolute atomic E-state index is 0.0139. The van der Waals surface area contributed by atoms with Gasteiger partial charge < -0.3 is 10.0 Å². The predicted octanol–water partition coefficient (Wildman–Crippen LogP) is 1.90. The first-order valence-electron chi connectivity index (χ1n) is 6.99. The molecule has 1 amide bonds. The summed E-state index contributed by atoms with van der Waals surface area (Å²) >= 11 is 0. The molecule has 0 bridgehead atoms. The summed E-state index contributed by atoms with van der Waals surface area (Å²) in [5, 5.41) is 15.1. The molecule has 0 spiro atoms. The van der Waals surface area contributed by atoms with Gasteiger partial charge in [0.1, 0.15) is 11.6 Å². The van der Waals surface area contributed by atoms with Gasteiger partial charge in [0.25, 0.3) is 5.91 Å². The second kappa shape index (κ2) is 5.79. The highest BCUT2D eigenvalue weighted by Gasteiger charge is 2.33. The van der Waals surface area contributed by atoms with E-state index in [9.17, 15) is 18.4 Å². The van der Waals surface area contributed by atoms with E-state index in [4.69, 9.17) is 5.11 Å². The number of likely N-dealkylation sites (tertiary alicyclic amines) is 1. The zero-order valence-electron chi connectivity index (χ0n) is 11.9. The number of aliphatic carboxylic acids is 1. The zero-order chi connectivity index (χ0) is 16.6. The third kappa shape index (κ3) is 2.67. The summed E-state index contributed by atoms with van der Waals surface area (Å²) in [7, 11) is 0. The Kier molecular flexibility index (Phi) is 3.81. The quantitative estimate of drug-likeness (QED) is 0.904. The first kappa shape index (κ1) is 15.1. The Morgan fingerprint density at radius 3 is 2.61 bits per heavy atom. The molecule has 6 nitrogen and oxygen atoms in total. The molecular formula is C15H13F2N3O3. The lowest BCUT2D eigenvalue weighted by atomic mass is 10.1. The third-order valence-electron chi connectivity index (χ3n) is 3.91. The van der Waals surface area contributed by atoms with Gasteiger partial charge >= 0.3 is 5.97 Å². The number of carboxylic acids is 1. The van der Waals surface area contributed by atoms with Crippen LogP contribution >= 0.6 is 0 Å². The Morgan fingerprint density at radius 2 is 2.00 bits per heavy atom. The van der Waals surface area contributed by atoms with E-state index in [1.165, 1.54) is 17.2 Å². The van der Waals surface area contributed by atoms with Gasteiger partial charge in [-0.2, -0.15) is 5.10 Å². The van der Waals surface area contributed by atoms with Crippen molar-refractivity contribution in [3.8, 4) is 11.3 Å². The van der Waals surface area contributed by atoms with E-state index in [0.29, 0.717) is 6.42 Å². The molecule has 3 rings (SSSR count). The Balaban J connectivity index is 1.93. The van der Waals surface area contributed by atoms with Gasteiger partial charge in [-0.15, -0.1) is 0 Å². The molecular weight excluding hydrogens is 308 g/mol. The standard InChI is InChI=1S/C15H13F2N3O3/c16-10-2-1-3-11(17)12(10)13-9(6-18-19-13)14(21)20-5-4-8(7-20)15(22)23/h1-3,6,8H,4-5,7H2,(H,18,19)(H,22,23). The number of carbonyl (C=O) groups is 2. The molecule has 23 heavy (non-hydrogen) atoms. The van der Waals surface area contributed by atoms with Gasteiger partial charge in [-0.25, -0.2) is 8.78 Å². The van der Waals surface area contributed by atoms with Crippen LogP contribution in [0.5, 0.6) is 0 Å². The van der Waals surface area contributed by atoms with Crippen LogP contribution in [-0.4, -0.2) is 45.2 Å². The third-order valence-corrected chi connectivity index (χ3v) is 3.91. The van der Waals surface area contributed by atoms with Crippen LogP contribution < -0.4 is 0 Å². The number of aromatic nitrogens is 2. The van der Waals surface area contributed by atoms with Gasteiger partial charge in [-0.05, 0) is 18.6 Å². The molecule has 0 saturated carbocycles. The smallest absolute Gasteiger partial charge is 0.308 e. The van der Waals surface area contributed by atoms with E-state index in [2.05, 4.69) is 10.2 Å². The van der Waals surface area contributed by atoms with Crippen LogP contribution in [0.1, 0.15) is 16.8 Å². The Hall–Kier alpha value is -2.77. The molecule has 2 heterocycles. The average molecular weight is 321 g/mol. The molecule has 1 saturated heterocycles. The number of nitrogens with zero attached hydrogens (tertiary/aromatic N) is 2. The Labute approximate surface area is 129 Å². The molecule has 0 radical (unpaired) electrons. The van der Waals surface area contributed by atoms with Crippen molar-refractivity contribution in [2.75, 3.05) is 13.1 Å². The predicted molar refractivity (Wildman–Crippen MR) is 75.6 cm³/mol. The van der Waals surface area contributed by atoms with E-state index < -0.39 is 29.4 Å². The minimum atomic E-state index is -0.965. The van der Waals surface area contributed by atoms with Crippen molar-refractivity contribution in [1.82, 2.24) is 15.1 Å². The van der Waals surface area contributed by atoms with Gasteiger partial charge in [0.2, 0.25) is 0 Å². The number of carbonyl (C=O) groups excluding carboxylic acids is 1. The molecule has 1 aliphatic heterocycles. The number of carboxylic acid groups (broad SMARTS) is 1. The molecule has 1 fully saturated rings. The fourth-order valence-corrected chi connectivity index (χ4v) is 2.69. The molecule has 120 valence electrons. The molecule has 2 aromatic rings. The maximum Gasteiger partial charge on any atom is 0.308 e. The number of hydrogen-bond donors (Lipinski definition) is 2. The SMILES string of the molecule is O=C(O)C1CCN(C(=O)c2cn[nH]c2-c2c(F)cccc2F)C1. The maximum atomic E-state index is 13.9. The summed E-state index contributed by atoms with van der Waals surface area (Å²) in [6, 6.07) is 3.40. The fourth-order valence-electron chi connectivity index (χ4n) is 2.69. The number of hydrogen-bond acceptors (Lipinski definition) is 3. The summed E-state index contributed by atoms with van der Waals surface area (Å²) in [4.78, 5) is 24.9. The largest absolute Gasteiger partial charge is 0.481 e. The summed E-state index contributed by atoms with van der Waals surface area (Å²) in [6.45, 7) is 0.346. The van der Waals surface area contributed by atoms with E-state index >= 15 is 0 Å². The number of nitrogens with one attached hydrogen (secondary N) is 1. The van der Waals surface area contributed by atoms with Gasteiger partial charge in [-0.1, -0.05) is 6.07 Å². The van der Waals surface area contributed by atoms with Crippen molar-refractivity contribution in [3.63, 3.8) is 0 Å². The van der Waals surface area contributed by atoms with E-state index in [1.807, 2.05) is 0 Å². The number of aromatic amines is 1. The highest BCUT2D eigenvalue weighted by atomic mass is 19.1. The minimum Gasteiger partial charge on any atom is -0.481 e. The summed E-state index contributed by atoms with van der Waals surface area (Å²) in [6.07, 6.45) is 1.54. The molecule has 1 atom stereocenters. The van der Waals surface area contributed by atoms with Crippen LogP contribution in [-0.2, 0) is 4.79 Å². The number of H-pyrrole nitrogens is 1. The van der Waals surface area contributed by atoms with Crippen molar-refractivity contribution in [2.45, 2.75) is 6.42 Å². The summed E-state index contributed by atoms with van der Waals surface area (Å²) < 4.78 is 27.8. The lowest BCUT2D eigenvalue weighted by Gasteiger charge is -2.16. The van der Waals surface area contributed by atoms with Crippen LogP contribution in [0.2, 0.25) is 0 Å². The summed E-state index contributed by atoms with van der Waals surface area (Å²) in [5.41, 5.74) is -0.397. The van der Waals surface area contributed by atoms with Gasteiger partial charge in [0, 0.05) is 13.1 Å². The Bertz CT molecular complexity index is 755. The van der Waals surface area contributed by atoms with Crippen LogP contribution in [0, 0.1) is 17.6 Å². The molecule has 1 aromatic carbocycles. The molecule has 1 unspecified atom stereocenters. The van der Waals surface area contributed by atoms with Crippen molar-refractivity contribution < 1.29 is 23.5 Å². The molecule has 2 N–H and O–H groups in total. The highest BCUT2D eigenvalue weighted by Crippen LogP contribution is 2.29. The van der Waals surface area contributed by atoms with Crippen LogP contribution in [0.4, 0.5) is 8.78 Å². The monoisotopic (exact) mass is 321 g/mol. The van der Waals surface area contributed by atoms with Crippen LogP contribution in [0.25, 0.3) is 11.3 Å². The molecule has 1 aromatic heterocycles. The number of halogens is 2. The molecule has 0 aliphatic carbocycles. The lowest BCUT2D eigenvalue weighted by Crippen LogP contribution is -2.30. The lowest BCUT2D eigenvalue weighted by molar-refractivity contribution is -0.141. The van der Waals surface area contributed by atoms with Crippen molar-refractivity contribution in [3.05, 3.63) is 41.6 Å². The number of benzene rings is 1.